The molecule has 0 aliphatic heterocycles. The summed E-state index contributed by atoms with van der Waals surface area (Å²) >= 11 is 6.09. The number of non-ortho nitro benzene ring substituents is 1. The van der Waals surface area contributed by atoms with E-state index in [0.29, 0.717) is 10.7 Å². The molecule has 1 heterocycles. The van der Waals surface area contributed by atoms with E-state index in [-0.39, 0.29) is 5.69 Å². The molecule has 18 heavy (non-hydrogen) atoms. The van der Waals surface area contributed by atoms with Crippen molar-refractivity contribution in [2.45, 2.75) is 0 Å². The van der Waals surface area contributed by atoms with Gasteiger partial charge in [0.2, 0.25) is 0 Å². The van der Waals surface area contributed by atoms with Gasteiger partial charge in [0.1, 0.15) is 5.15 Å². The number of benzene rings is 2. The summed E-state index contributed by atoms with van der Waals surface area (Å²) in [6.07, 6.45) is 0. The number of hydrogen-bond donors (Lipinski definition) is 0. The van der Waals surface area contributed by atoms with Gasteiger partial charge >= 0.3 is 0 Å². The van der Waals surface area contributed by atoms with Crippen LogP contribution in [0.2, 0.25) is 5.15 Å². The van der Waals surface area contributed by atoms with Gasteiger partial charge in [0.05, 0.1) is 10.4 Å². The number of rotatable bonds is 1. The van der Waals surface area contributed by atoms with E-state index in [9.17, 15) is 10.1 Å². The smallest absolute Gasteiger partial charge is 0.258 e. The van der Waals surface area contributed by atoms with Gasteiger partial charge in [-0.1, -0.05) is 35.9 Å². The van der Waals surface area contributed by atoms with Gasteiger partial charge < -0.3 is 0 Å². The molecule has 0 atom stereocenters. The Kier molecular flexibility index (Phi) is 2.38. The molecular weight excluding hydrogens is 252 g/mol. The minimum atomic E-state index is -0.440. The topological polar surface area (TPSA) is 56.0 Å². The fraction of sp³-hybridized carbons (Fsp3) is 0. The number of hydrogen-bond acceptors (Lipinski definition) is 3. The van der Waals surface area contributed by atoms with Crippen LogP contribution in [-0.2, 0) is 0 Å². The number of aromatic nitrogens is 1. The van der Waals surface area contributed by atoms with E-state index in [1.807, 2.05) is 24.3 Å². The lowest BCUT2D eigenvalue weighted by atomic mass is 10.1. The third kappa shape index (κ3) is 1.58. The van der Waals surface area contributed by atoms with Gasteiger partial charge in [0.15, 0.2) is 0 Å². The molecule has 0 fully saturated rings. The van der Waals surface area contributed by atoms with Gasteiger partial charge in [-0.3, -0.25) is 10.1 Å². The largest absolute Gasteiger partial charge is 0.271 e. The molecule has 0 saturated carbocycles. The predicted octanol–water partition coefficient (Wildman–Crippen LogP) is 3.95. The van der Waals surface area contributed by atoms with Crippen molar-refractivity contribution >= 4 is 39.0 Å². The molecule has 0 unspecified atom stereocenters. The molecule has 1 aromatic heterocycles. The number of nitro groups is 1. The molecule has 0 aliphatic carbocycles. The summed E-state index contributed by atoms with van der Waals surface area (Å²) < 4.78 is 0. The van der Waals surface area contributed by atoms with E-state index in [1.54, 1.807) is 6.07 Å². The van der Waals surface area contributed by atoms with E-state index < -0.39 is 4.92 Å². The Morgan fingerprint density at radius 1 is 1.06 bits per heavy atom. The zero-order chi connectivity index (χ0) is 12.7. The van der Waals surface area contributed by atoms with Crippen LogP contribution in [0.4, 0.5) is 5.69 Å². The number of fused-ring (bicyclic) bond motifs is 3. The van der Waals surface area contributed by atoms with Gasteiger partial charge in [0, 0.05) is 22.9 Å². The maximum Gasteiger partial charge on any atom is 0.271 e. The van der Waals surface area contributed by atoms with Gasteiger partial charge in [0.25, 0.3) is 5.69 Å². The lowest BCUT2D eigenvalue weighted by Crippen LogP contribution is -1.90. The zero-order valence-corrected chi connectivity index (χ0v) is 9.89. The molecule has 0 spiro atoms. The Morgan fingerprint density at radius 3 is 2.50 bits per heavy atom. The van der Waals surface area contributed by atoms with Gasteiger partial charge in [-0.2, -0.15) is 0 Å². The molecule has 3 aromatic rings. The highest BCUT2D eigenvalue weighted by atomic mass is 35.5. The SMILES string of the molecule is O=[N+]([O-])c1ccc2c(c1)nc(Cl)c1ccccc12. The lowest BCUT2D eigenvalue weighted by molar-refractivity contribution is -0.384. The summed E-state index contributed by atoms with van der Waals surface area (Å²) in [7, 11) is 0. The Balaban J connectivity index is 2.46. The van der Waals surface area contributed by atoms with Crippen molar-refractivity contribution in [2.24, 2.45) is 0 Å². The summed E-state index contributed by atoms with van der Waals surface area (Å²) in [6, 6.07) is 12.2. The van der Waals surface area contributed by atoms with Crippen LogP contribution < -0.4 is 0 Å². The summed E-state index contributed by atoms with van der Waals surface area (Å²) in [6.45, 7) is 0. The van der Waals surface area contributed by atoms with Crippen molar-refractivity contribution in [3.8, 4) is 0 Å². The average Bonchev–Trinajstić information content (AvgIpc) is 2.38. The number of pyridine rings is 1. The maximum absolute atomic E-state index is 10.7. The van der Waals surface area contributed by atoms with Crippen LogP contribution in [-0.4, -0.2) is 9.91 Å². The van der Waals surface area contributed by atoms with Crippen LogP contribution in [0.1, 0.15) is 0 Å². The second-order valence-electron chi connectivity index (χ2n) is 3.91. The Labute approximate surface area is 107 Å². The Hall–Kier alpha value is -2.20. The molecule has 2 aromatic carbocycles. The van der Waals surface area contributed by atoms with Gasteiger partial charge in [-0.15, -0.1) is 0 Å². The normalized spacial score (nSPS) is 10.9. The van der Waals surface area contributed by atoms with Crippen LogP contribution in [0.5, 0.6) is 0 Å². The van der Waals surface area contributed by atoms with E-state index in [0.717, 1.165) is 16.2 Å². The molecule has 0 amide bonds. The first-order valence-corrected chi connectivity index (χ1v) is 5.67. The van der Waals surface area contributed by atoms with Crippen molar-refractivity contribution in [2.75, 3.05) is 0 Å². The molecule has 0 saturated heterocycles. The molecule has 3 rings (SSSR count). The number of nitro benzene ring substituents is 1. The highest BCUT2D eigenvalue weighted by Crippen LogP contribution is 2.30. The van der Waals surface area contributed by atoms with Gasteiger partial charge in [-0.05, 0) is 11.5 Å². The van der Waals surface area contributed by atoms with Crippen LogP contribution in [0.25, 0.3) is 21.7 Å². The number of halogens is 1. The van der Waals surface area contributed by atoms with Crippen molar-refractivity contribution in [1.82, 2.24) is 4.98 Å². The summed E-state index contributed by atoms with van der Waals surface area (Å²) in [4.78, 5) is 14.5. The van der Waals surface area contributed by atoms with E-state index in [1.165, 1.54) is 12.1 Å². The average molecular weight is 259 g/mol. The fourth-order valence-corrected chi connectivity index (χ4v) is 2.27. The van der Waals surface area contributed by atoms with Crippen LogP contribution in [0.3, 0.4) is 0 Å². The Bertz CT molecular complexity index is 786. The summed E-state index contributed by atoms with van der Waals surface area (Å²) in [5, 5.41) is 13.8. The summed E-state index contributed by atoms with van der Waals surface area (Å²) in [5.41, 5.74) is 0.550. The first kappa shape index (κ1) is 10.9. The zero-order valence-electron chi connectivity index (χ0n) is 9.13. The van der Waals surface area contributed by atoms with Crippen molar-refractivity contribution in [3.05, 3.63) is 57.7 Å². The van der Waals surface area contributed by atoms with E-state index >= 15 is 0 Å². The summed E-state index contributed by atoms with van der Waals surface area (Å²) in [5.74, 6) is 0. The third-order valence-corrected chi connectivity index (χ3v) is 3.14. The third-order valence-electron chi connectivity index (χ3n) is 2.85. The first-order valence-electron chi connectivity index (χ1n) is 5.29. The minimum absolute atomic E-state index is 0.0151. The van der Waals surface area contributed by atoms with Crippen molar-refractivity contribution < 1.29 is 4.92 Å². The molecule has 0 N–H and O–H groups in total. The second-order valence-corrected chi connectivity index (χ2v) is 4.26. The maximum atomic E-state index is 10.7. The fourth-order valence-electron chi connectivity index (χ4n) is 2.02. The van der Waals surface area contributed by atoms with Crippen LogP contribution in [0, 0.1) is 10.1 Å². The van der Waals surface area contributed by atoms with Crippen LogP contribution in [0.15, 0.2) is 42.5 Å². The monoisotopic (exact) mass is 258 g/mol. The van der Waals surface area contributed by atoms with E-state index in [4.69, 9.17) is 11.6 Å². The quantitative estimate of drug-likeness (QED) is 0.287. The molecule has 0 radical (unpaired) electrons. The molecule has 0 bridgehead atoms. The first-order chi connectivity index (χ1) is 8.66. The molecule has 0 aliphatic rings. The minimum Gasteiger partial charge on any atom is -0.258 e. The Morgan fingerprint density at radius 2 is 1.78 bits per heavy atom. The number of nitrogens with zero attached hydrogens (tertiary/aromatic N) is 2. The predicted molar refractivity (Wildman–Crippen MR) is 70.9 cm³/mol. The molecule has 88 valence electrons. The van der Waals surface area contributed by atoms with Crippen molar-refractivity contribution in [1.29, 1.82) is 0 Å². The molecule has 4 nitrogen and oxygen atoms in total. The highest BCUT2D eigenvalue weighted by molar-refractivity contribution is 6.35. The van der Waals surface area contributed by atoms with E-state index in [2.05, 4.69) is 4.98 Å². The second kappa shape index (κ2) is 3.92. The standard InChI is InChI=1S/C13H7ClN2O2/c14-13-11-4-2-1-3-9(11)10-6-5-8(16(17)18)7-12(10)15-13/h1-7H. The lowest BCUT2D eigenvalue weighted by Gasteiger charge is -2.04. The molecule has 5 heteroatoms. The van der Waals surface area contributed by atoms with Crippen molar-refractivity contribution in [3.63, 3.8) is 0 Å². The highest BCUT2D eigenvalue weighted by Gasteiger charge is 2.11. The van der Waals surface area contributed by atoms with Crippen LogP contribution >= 0.6 is 11.6 Å². The molecular formula is C13H7ClN2O2. The van der Waals surface area contributed by atoms with Gasteiger partial charge in [-0.25, -0.2) is 4.98 Å².